The normalized spacial score (nSPS) is 11.0. The second-order valence-corrected chi connectivity index (χ2v) is 5.46. The van der Waals surface area contributed by atoms with Crippen molar-refractivity contribution in [1.29, 1.82) is 0 Å². The number of halogens is 2. The van der Waals surface area contributed by atoms with E-state index < -0.39 is 11.5 Å². The van der Waals surface area contributed by atoms with Gasteiger partial charge in [-0.05, 0) is 19.9 Å². The number of hydrogen-bond donors (Lipinski definition) is 0. The molecule has 0 unspecified atom stereocenters. The number of hydrogen-bond acceptors (Lipinski definition) is 4. The Morgan fingerprint density at radius 1 is 1.43 bits per heavy atom. The van der Waals surface area contributed by atoms with E-state index in [1.165, 1.54) is 23.9 Å². The molecular formula is C13H13ClFN3O2S. The van der Waals surface area contributed by atoms with Crippen LogP contribution in [0.3, 0.4) is 0 Å². The van der Waals surface area contributed by atoms with Gasteiger partial charge in [0.2, 0.25) is 0 Å². The summed E-state index contributed by atoms with van der Waals surface area (Å²) in [6.07, 6.45) is 1.16. The van der Waals surface area contributed by atoms with Gasteiger partial charge in [0.05, 0.1) is 17.3 Å². The van der Waals surface area contributed by atoms with Crippen molar-refractivity contribution >= 4 is 23.8 Å². The van der Waals surface area contributed by atoms with Gasteiger partial charge in [-0.1, -0.05) is 23.8 Å². The van der Waals surface area contributed by atoms with Gasteiger partial charge in [0.15, 0.2) is 5.82 Å². The van der Waals surface area contributed by atoms with Crippen molar-refractivity contribution in [2.75, 3.05) is 0 Å². The third-order valence-corrected chi connectivity index (χ3v) is 3.35. The third-order valence-electron chi connectivity index (χ3n) is 2.67. The maximum atomic E-state index is 14.1. The molecule has 0 saturated heterocycles. The lowest BCUT2D eigenvalue weighted by Crippen LogP contribution is -2.30. The van der Waals surface area contributed by atoms with E-state index in [4.69, 9.17) is 28.6 Å². The van der Waals surface area contributed by atoms with Gasteiger partial charge in [-0.2, -0.15) is 9.78 Å². The Bertz CT molecular complexity index is 801. The summed E-state index contributed by atoms with van der Waals surface area (Å²) in [4.78, 5) is 12.1. The second kappa shape index (κ2) is 5.95. The smallest absolute Gasteiger partial charge is 0.350 e. The summed E-state index contributed by atoms with van der Waals surface area (Å²) in [6.45, 7) is 3.63. The Hall–Kier alpha value is -1.73. The molecule has 0 fully saturated rings. The van der Waals surface area contributed by atoms with Crippen LogP contribution < -0.4 is 10.4 Å². The largest absolute Gasteiger partial charge is 0.489 e. The Morgan fingerprint density at radius 3 is 2.71 bits per heavy atom. The predicted molar refractivity (Wildman–Crippen MR) is 80.4 cm³/mol. The summed E-state index contributed by atoms with van der Waals surface area (Å²) in [7, 11) is 1.49. The minimum absolute atomic E-state index is 0.0503. The van der Waals surface area contributed by atoms with Crippen molar-refractivity contribution in [2.24, 2.45) is 7.05 Å². The van der Waals surface area contributed by atoms with E-state index in [1.807, 2.05) is 13.8 Å². The van der Waals surface area contributed by atoms with Crippen LogP contribution in [0, 0.1) is 10.5 Å². The highest BCUT2D eigenvalue weighted by molar-refractivity contribution is 7.71. The molecule has 2 aromatic rings. The molecule has 5 nitrogen and oxygen atoms in total. The standard InChI is InChI=1S/C13H13ClFN3O2S/c1-7(2)20-11-5-10(9(15)4-8(11)14)18-13(19)17(3)12(21)6-16-18/h4-7H,1-3H3. The third kappa shape index (κ3) is 3.14. The zero-order valence-electron chi connectivity index (χ0n) is 11.6. The van der Waals surface area contributed by atoms with Gasteiger partial charge >= 0.3 is 5.69 Å². The Balaban J connectivity index is 2.67. The molecule has 1 heterocycles. The van der Waals surface area contributed by atoms with E-state index in [-0.39, 0.29) is 27.2 Å². The first-order valence-corrected chi connectivity index (χ1v) is 6.91. The van der Waals surface area contributed by atoms with Crippen LogP contribution in [-0.4, -0.2) is 20.5 Å². The zero-order valence-corrected chi connectivity index (χ0v) is 13.2. The van der Waals surface area contributed by atoms with Crippen LogP contribution in [0.15, 0.2) is 23.1 Å². The van der Waals surface area contributed by atoms with E-state index in [2.05, 4.69) is 5.10 Å². The van der Waals surface area contributed by atoms with E-state index in [0.717, 1.165) is 10.7 Å². The fourth-order valence-electron chi connectivity index (χ4n) is 1.67. The molecule has 0 aliphatic heterocycles. The summed E-state index contributed by atoms with van der Waals surface area (Å²) in [5.41, 5.74) is -0.607. The topological polar surface area (TPSA) is 49.0 Å². The van der Waals surface area contributed by atoms with E-state index in [9.17, 15) is 9.18 Å². The first-order valence-electron chi connectivity index (χ1n) is 6.12. The molecular weight excluding hydrogens is 317 g/mol. The lowest BCUT2D eigenvalue weighted by atomic mass is 10.3. The van der Waals surface area contributed by atoms with Gasteiger partial charge in [0, 0.05) is 13.1 Å². The highest BCUT2D eigenvalue weighted by atomic mass is 35.5. The molecule has 2 rings (SSSR count). The molecule has 8 heteroatoms. The Labute approximate surface area is 130 Å². The fraction of sp³-hybridized carbons (Fsp3) is 0.308. The average Bonchev–Trinajstić information content (AvgIpc) is 2.40. The summed E-state index contributed by atoms with van der Waals surface area (Å²) in [6, 6.07) is 2.43. The number of nitrogens with zero attached hydrogens (tertiary/aromatic N) is 3. The van der Waals surface area contributed by atoms with Crippen molar-refractivity contribution in [2.45, 2.75) is 20.0 Å². The van der Waals surface area contributed by atoms with Crippen molar-refractivity contribution < 1.29 is 9.13 Å². The summed E-state index contributed by atoms with van der Waals surface area (Å²) in [5.74, 6) is -0.398. The van der Waals surface area contributed by atoms with E-state index in [1.54, 1.807) is 0 Å². The van der Waals surface area contributed by atoms with Gasteiger partial charge in [0.25, 0.3) is 0 Å². The Morgan fingerprint density at radius 2 is 2.10 bits per heavy atom. The van der Waals surface area contributed by atoms with Crippen molar-refractivity contribution in [1.82, 2.24) is 14.3 Å². The molecule has 0 spiro atoms. The second-order valence-electron chi connectivity index (χ2n) is 4.64. The van der Waals surface area contributed by atoms with Crippen LogP contribution in [0.1, 0.15) is 13.8 Å². The van der Waals surface area contributed by atoms with Crippen molar-refractivity contribution in [3.8, 4) is 11.4 Å². The highest BCUT2D eigenvalue weighted by Crippen LogP contribution is 2.29. The van der Waals surface area contributed by atoms with Crippen LogP contribution in [0.4, 0.5) is 4.39 Å². The van der Waals surface area contributed by atoms with E-state index >= 15 is 0 Å². The van der Waals surface area contributed by atoms with Gasteiger partial charge in [0.1, 0.15) is 16.1 Å². The minimum atomic E-state index is -0.678. The van der Waals surface area contributed by atoms with Gasteiger partial charge in [-0.15, -0.1) is 0 Å². The van der Waals surface area contributed by atoms with Gasteiger partial charge in [-0.3, -0.25) is 4.57 Å². The number of rotatable bonds is 3. The molecule has 0 bridgehead atoms. The lowest BCUT2D eigenvalue weighted by Gasteiger charge is -2.14. The van der Waals surface area contributed by atoms with E-state index in [0.29, 0.717) is 0 Å². The monoisotopic (exact) mass is 329 g/mol. The van der Waals surface area contributed by atoms with Crippen LogP contribution in [0.2, 0.25) is 5.02 Å². The zero-order chi connectivity index (χ0) is 15.7. The molecule has 0 radical (unpaired) electrons. The molecule has 0 amide bonds. The predicted octanol–water partition coefficient (Wildman–Crippen LogP) is 2.88. The molecule has 0 saturated carbocycles. The number of aromatic nitrogens is 3. The van der Waals surface area contributed by atoms with Crippen LogP contribution in [0.5, 0.6) is 5.75 Å². The summed E-state index contributed by atoms with van der Waals surface area (Å²) < 4.78 is 21.9. The summed E-state index contributed by atoms with van der Waals surface area (Å²) in [5, 5.41) is 3.99. The maximum Gasteiger partial charge on any atom is 0.350 e. The molecule has 1 aromatic carbocycles. The lowest BCUT2D eigenvalue weighted by molar-refractivity contribution is 0.242. The Kier molecular flexibility index (Phi) is 4.43. The van der Waals surface area contributed by atoms with Gasteiger partial charge in [-0.25, -0.2) is 9.18 Å². The van der Waals surface area contributed by atoms with Crippen molar-refractivity contribution in [3.05, 3.63) is 44.3 Å². The summed E-state index contributed by atoms with van der Waals surface area (Å²) >= 11 is 10.9. The molecule has 0 atom stereocenters. The average molecular weight is 330 g/mol. The van der Waals surface area contributed by atoms with Gasteiger partial charge < -0.3 is 4.74 Å². The molecule has 112 valence electrons. The van der Waals surface area contributed by atoms with Crippen LogP contribution >= 0.6 is 23.8 Å². The van der Waals surface area contributed by atoms with Crippen molar-refractivity contribution in [3.63, 3.8) is 0 Å². The maximum absolute atomic E-state index is 14.1. The molecule has 21 heavy (non-hydrogen) atoms. The molecule has 1 aromatic heterocycles. The van der Waals surface area contributed by atoms with Crippen LogP contribution in [-0.2, 0) is 7.05 Å². The van der Waals surface area contributed by atoms with Crippen LogP contribution in [0.25, 0.3) is 5.69 Å². The SMILES string of the molecule is CC(C)Oc1cc(-n2ncc(=S)n(C)c2=O)c(F)cc1Cl. The first-order chi connectivity index (χ1) is 9.81. The minimum Gasteiger partial charge on any atom is -0.489 e. The first kappa shape index (κ1) is 15.7. The quantitative estimate of drug-likeness (QED) is 0.812. The molecule has 0 N–H and O–H groups in total. The highest BCUT2D eigenvalue weighted by Gasteiger charge is 2.15. The fourth-order valence-corrected chi connectivity index (χ4v) is 1.99. The number of benzene rings is 1. The molecule has 0 aliphatic carbocycles. The molecule has 0 aliphatic rings. The number of ether oxygens (including phenoxy) is 1.